The Kier molecular flexibility index (Phi) is 4.94. The Morgan fingerprint density at radius 1 is 1.11 bits per heavy atom. The zero-order valence-electron chi connectivity index (χ0n) is 14.8. The van der Waals surface area contributed by atoms with Gasteiger partial charge in [0, 0.05) is 0 Å². The first-order valence-corrected chi connectivity index (χ1v) is 11.6. The number of halogens is 1. The molecule has 0 saturated carbocycles. The number of fused-ring (bicyclic) bond motifs is 1. The van der Waals surface area contributed by atoms with Gasteiger partial charge in [-0.05, 0) is 0 Å². The van der Waals surface area contributed by atoms with E-state index in [1.807, 2.05) is 37.6 Å². The molecular weight excluding hydrogens is 424 g/mol. The van der Waals surface area contributed by atoms with Gasteiger partial charge in [-0.3, -0.25) is 0 Å². The molecule has 0 aliphatic heterocycles. The summed E-state index contributed by atoms with van der Waals surface area (Å²) in [6.45, 7) is 3.86. The number of thiazole rings is 1. The van der Waals surface area contributed by atoms with Crippen LogP contribution in [0.2, 0.25) is 0 Å². The van der Waals surface area contributed by atoms with Crippen molar-refractivity contribution in [2.24, 2.45) is 0 Å². The molecule has 0 fully saturated rings. The maximum absolute atomic E-state index is 14.1. The summed E-state index contributed by atoms with van der Waals surface area (Å²) in [4.78, 5) is 13.5. The molecule has 4 rings (SSSR count). The number of aromatic hydroxyl groups is 1. The Hall–Kier alpha value is -2.30. The third-order valence-electron chi connectivity index (χ3n) is 4.28. The van der Waals surface area contributed by atoms with E-state index >= 15 is 0 Å². The third-order valence-corrected chi connectivity index (χ3v) is 7.79. The predicted octanol–water partition coefficient (Wildman–Crippen LogP) is 3.73. The summed E-state index contributed by atoms with van der Waals surface area (Å²) in [6, 6.07) is 12.3. The molecular formula is C20H17AsFN3OS. The minimum absolute atomic E-state index is 0.00299. The second-order valence-corrected chi connectivity index (χ2v) is 10.7. The first-order chi connectivity index (χ1) is 13.0. The number of nitrogens with zero attached hydrogens (tertiary/aromatic N) is 3. The molecule has 2 atom stereocenters. The molecule has 0 saturated heterocycles. The molecule has 0 aliphatic rings. The standard InChI is InChI=1S/C20H17AsFN3OS/c1-11(15-8-14(26)4-5-16(15)22)21-20-9-18(24-12(2)25-20)13-3-6-17-19(7-13)27-10-23-17/h3-11,21,26H,1-2H3. The molecule has 2 aromatic carbocycles. The summed E-state index contributed by atoms with van der Waals surface area (Å²) < 4.78 is 16.2. The van der Waals surface area contributed by atoms with E-state index in [1.165, 1.54) is 18.2 Å². The van der Waals surface area contributed by atoms with Gasteiger partial charge in [0.15, 0.2) is 0 Å². The summed E-state index contributed by atoms with van der Waals surface area (Å²) in [5.74, 6) is 0.507. The van der Waals surface area contributed by atoms with Crippen LogP contribution in [-0.4, -0.2) is 35.8 Å². The van der Waals surface area contributed by atoms with E-state index in [-0.39, 0.29) is 16.3 Å². The van der Waals surface area contributed by atoms with Gasteiger partial charge in [-0.15, -0.1) is 0 Å². The molecule has 2 unspecified atom stereocenters. The molecule has 7 heteroatoms. The van der Waals surface area contributed by atoms with Gasteiger partial charge in [0.25, 0.3) is 0 Å². The Bertz CT molecular complexity index is 1130. The van der Waals surface area contributed by atoms with Gasteiger partial charge in [-0.25, -0.2) is 0 Å². The summed E-state index contributed by atoms with van der Waals surface area (Å²) in [5, 5.41) is 9.68. The number of aryl methyl sites for hydroxylation is 1. The van der Waals surface area contributed by atoms with Crippen LogP contribution in [0.4, 0.5) is 4.39 Å². The summed E-state index contributed by atoms with van der Waals surface area (Å²) in [7, 11) is 0. The Morgan fingerprint density at radius 3 is 2.81 bits per heavy atom. The fourth-order valence-electron chi connectivity index (χ4n) is 2.97. The van der Waals surface area contributed by atoms with Crippen LogP contribution in [0.3, 0.4) is 0 Å². The Balaban J connectivity index is 1.66. The van der Waals surface area contributed by atoms with Gasteiger partial charge in [0.2, 0.25) is 0 Å². The van der Waals surface area contributed by atoms with E-state index in [4.69, 9.17) is 0 Å². The molecule has 0 bridgehead atoms. The Labute approximate surface area is 166 Å². The number of hydrogen-bond acceptors (Lipinski definition) is 5. The van der Waals surface area contributed by atoms with Crippen LogP contribution in [0.15, 0.2) is 48.0 Å². The number of phenols is 1. The molecule has 1 N–H and O–H groups in total. The molecule has 0 amide bonds. The SMILES string of the molecule is Cc1nc([AsH]C(C)c2cc(O)ccc2F)cc(-c2ccc3ncsc3c2)n1. The van der Waals surface area contributed by atoms with Crippen LogP contribution >= 0.6 is 11.3 Å². The van der Waals surface area contributed by atoms with E-state index in [1.54, 1.807) is 11.3 Å². The average Bonchev–Trinajstić information content (AvgIpc) is 3.11. The second-order valence-electron chi connectivity index (χ2n) is 6.29. The van der Waals surface area contributed by atoms with Crippen molar-refractivity contribution in [2.45, 2.75) is 18.6 Å². The van der Waals surface area contributed by atoms with Crippen molar-refractivity contribution in [2.75, 3.05) is 0 Å². The van der Waals surface area contributed by atoms with E-state index in [2.05, 4.69) is 21.0 Å². The Morgan fingerprint density at radius 2 is 1.96 bits per heavy atom. The van der Waals surface area contributed by atoms with Crippen LogP contribution in [0.1, 0.15) is 23.0 Å². The molecule has 2 aromatic heterocycles. The first kappa shape index (κ1) is 18.1. The number of rotatable bonds is 4. The molecule has 27 heavy (non-hydrogen) atoms. The van der Waals surface area contributed by atoms with Crippen molar-refractivity contribution >= 4 is 41.8 Å². The zero-order chi connectivity index (χ0) is 19.0. The molecule has 4 aromatic rings. The fraction of sp³-hybridized carbons (Fsp3) is 0.150. The maximum atomic E-state index is 14.1. The molecule has 4 nitrogen and oxygen atoms in total. The minimum atomic E-state index is -0.766. The molecule has 2 heterocycles. The van der Waals surface area contributed by atoms with Crippen molar-refractivity contribution in [1.29, 1.82) is 0 Å². The summed E-state index contributed by atoms with van der Waals surface area (Å²) >= 11 is 0.837. The predicted molar refractivity (Wildman–Crippen MR) is 109 cm³/mol. The van der Waals surface area contributed by atoms with E-state index in [9.17, 15) is 9.50 Å². The van der Waals surface area contributed by atoms with E-state index < -0.39 is 15.8 Å². The van der Waals surface area contributed by atoms with Crippen LogP contribution in [0.5, 0.6) is 5.75 Å². The average molecular weight is 441 g/mol. The molecule has 0 radical (unpaired) electrons. The second kappa shape index (κ2) is 7.37. The monoisotopic (exact) mass is 441 g/mol. The van der Waals surface area contributed by atoms with Crippen LogP contribution < -0.4 is 4.48 Å². The number of phenolic OH excluding ortho intramolecular Hbond substituents is 1. The van der Waals surface area contributed by atoms with Crippen molar-refractivity contribution in [3.05, 3.63) is 65.2 Å². The van der Waals surface area contributed by atoms with Crippen LogP contribution in [0, 0.1) is 12.7 Å². The first-order valence-electron chi connectivity index (χ1n) is 8.44. The van der Waals surface area contributed by atoms with E-state index in [0.717, 1.165) is 26.0 Å². The fourth-order valence-corrected chi connectivity index (χ4v) is 6.34. The van der Waals surface area contributed by atoms with Gasteiger partial charge in [0.05, 0.1) is 0 Å². The summed E-state index contributed by atoms with van der Waals surface area (Å²) in [6.07, 6.45) is 0. The van der Waals surface area contributed by atoms with Crippen molar-refractivity contribution < 1.29 is 9.50 Å². The van der Waals surface area contributed by atoms with Crippen molar-refractivity contribution in [3.8, 4) is 17.0 Å². The zero-order valence-corrected chi connectivity index (χ0v) is 17.7. The van der Waals surface area contributed by atoms with Gasteiger partial charge >= 0.3 is 167 Å². The van der Waals surface area contributed by atoms with Gasteiger partial charge < -0.3 is 0 Å². The van der Waals surface area contributed by atoms with Gasteiger partial charge in [-0.1, -0.05) is 0 Å². The van der Waals surface area contributed by atoms with Crippen molar-refractivity contribution in [3.63, 3.8) is 0 Å². The topological polar surface area (TPSA) is 58.9 Å². The number of aromatic nitrogens is 3. The number of hydrogen-bond donors (Lipinski definition) is 1. The molecule has 136 valence electrons. The third kappa shape index (κ3) is 3.87. The quantitative estimate of drug-likeness (QED) is 0.491. The van der Waals surface area contributed by atoms with E-state index in [0.29, 0.717) is 11.4 Å². The molecule has 0 aliphatic carbocycles. The molecule has 0 spiro atoms. The van der Waals surface area contributed by atoms with Crippen molar-refractivity contribution in [1.82, 2.24) is 15.0 Å². The summed E-state index contributed by atoms with van der Waals surface area (Å²) in [5.41, 5.74) is 5.26. The van der Waals surface area contributed by atoms with Crippen LogP contribution in [-0.2, 0) is 0 Å². The van der Waals surface area contributed by atoms with Crippen LogP contribution in [0.25, 0.3) is 21.5 Å². The normalized spacial score (nSPS) is 12.9. The van der Waals surface area contributed by atoms with Gasteiger partial charge in [0.1, 0.15) is 0 Å². The number of benzene rings is 2. The van der Waals surface area contributed by atoms with Gasteiger partial charge in [-0.2, -0.15) is 0 Å².